The summed E-state index contributed by atoms with van der Waals surface area (Å²) in [5.74, 6) is 0. The molecule has 1 heterocycles. The molecule has 0 aliphatic carbocycles. The average Bonchev–Trinajstić information content (AvgIpc) is 2.15. The molecule has 0 amide bonds. The first-order chi connectivity index (χ1) is 6.92. The molecule has 1 aliphatic rings. The van der Waals surface area contributed by atoms with Gasteiger partial charge in [0.15, 0.2) is 0 Å². The molecule has 0 saturated carbocycles. The van der Waals surface area contributed by atoms with E-state index in [1.54, 1.807) is 0 Å². The Morgan fingerprint density at radius 1 is 1.12 bits per heavy atom. The summed E-state index contributed by atoms with van der Waals surface area (Å²) < 4.78 is 36.5. The van der Waals surface area contributed by atoms with E-state index in [2.05, 4.69) is 18.7 Å². The summed E-state index contributed by atoms with van der Waals surface area (Å²) in [5, 5.41) is 0. The minimum absolute atomic E-state index is 0. The van der Waals surface area contributed by atoms with Crippen LogP contribution in [0.25, 0.3) is 0 Å². The molecule has 1 unspecified atom stereocenters. The largest absolute Gasteiger partial charge is 1.00 e. The molecule has 0 bridgehead atoms. The van der Waals surface area contributed by atoms with E-state index in [1.807, 2.05) is 0 Å². The first-order valence-electron chi connectivity index (χ1n) is 5.59. The maximum Gasteiger partial charge on any atom is 1.00 e. The minimum Gasteiger partial charge on any atom is -0.448 e. The summed E-state index contributed by atoms with van der Waals surface area (Å²) in [6, 6.07) is 0.489. The predicted octanol–water partition coefficient (Wildman–Crippen LogP) is -1.21. The first-order valence-corrected chi connectivity index (χ1v) is 5.59. The van der Waals surface area contributed by atoms with Crippen molar-refractivity contribution in [2.24, 2.45) is 0 Å². The van der Waals surface area contributed by atoms with Crippen LogP contribution < -0.4 is 51.4 Å². The molecular formula is C9H19BF3KN2. The second kappa shape index (κ2) is 7.76. The number of hydrogen-bond acceptors (Lipinski definition) is 2. The SMILES string of the molecule is CCC(C)N1CCN(C[B-](F)(F)F)CC1.[K+]. The number of hydrogen-bond donors (Lipinski definition) is 0. The third-order valence-electron chi connectivity index (χ3n) is 3.09. The Morgan fingerprint density at radius 3 is 2.00 bits per heavy atom. The van der Waals surface area contributed by atoms with Gasteiger partial charge in [0, 0.05) is 32.2 Å². The quantitative estimate of drug-likeness (QED) is 0.587. The van der Waals surface area contributed by atoms with E-state index >= 15 is 0 Å². The molecule has 0 N–H and O–H groups in total. The fourth-order valence-corrected chi connectivity index (χ4v) is 1.94. The summed E-state index contributed by atoms with van der Waals surface area (Å²) in [5.41, 5.74) is 0. The topological polar surface area (TPSA) is 6.48 Å². The van der Waals surface area contributed by atoms with Crippen LogP contribution in [0.15, 0.2) is 0 Å². The van der Waals surface area contributed by atoms with Gasteiger partial charge in [-0.05, 0) is 19.8 Å². The van der Waals surface area contributed by atoms with Crippen LogP contribution in [0.5, 0.6) is 0 Å². The molecule has 1 fully saturated rings. The van der Waals surface area contributed by atoms with E-state index in [0.717, 1.165) is 19.5 Å². The molecule has 16 heavy (non-hydrogen) atoms. The summed E-state index contributed by atoms with van der Waals surface area (Å²) in [7, 11) is 0. The Morgan fingerprint density at radius 2 is 1.62 bits per heavy atom. The smallest absolute Gasteiger partial charge is 0.448 e. The van der Waals surface area contributed by atoms with E-state index in [4.69, 9.17) is 0 Å². The van der Waals surface area contributed by atoms with Crippen LogP contribution in [-0.4, -0.2) is 55.4 Å². The van der Waals surface area contributed by atoms with E-state index in [0.29, 0.717) is 19.1 Å². The van der Waals surface area contributed by atoms with Crippen LogP contribution in [0.3, 0.4) is 0 Å². The maximum atomic E-state index is 12.2. The molecule has 0 radical (unpaired) electrons. The van der Waals surface area contributed by atoms with Gasteiger partial charge in [0.05, 0.1) is 0 Å². The molecule has 0 aromatic carbocycles. The fourth-order valence-electron chi connectivity index (χ4n) is 1.94. The Bertz CT molecular complexity index is 196. The van der Waals surface area contributed by atoms with Crippen LogP contribution in [0, 0.1) is 0 Å². The monoisotopic (exact) mass is 262 g/mol. The zero-order chi connectivity index (χ0) is 11.5. The normalized spacial score (nSPS) is 21.6. The predicted molar refractivity (Wildman–Crippen MR) is 56.8 cm³/mol. The van der Waals surface area contributed by atoms with Gasteiger partial charge >= 0.3 is 58.4 Å². The van der Waals surface area contributed by atoms with Gasteiger partial charge in [0.25, 0.3) is 0 Å². The van der Waals surface area contributed by atoms with Crippen molar-refractivity contribution in [1.82, 2.24) is 9.80 Å². The van der Waals surface area contributed by atoms with Crippen molar-refractivity contribution < 1.29 is 64.3 Å². The van der Waals surface area contributed by atoms with Crippen molar-refractivity contribution >= 4 is 6.98 Å². The maximum absolute atomic E-state index is 12.2. The van der Waals surface area contributed by atoms with E-state index in [9.17, 15) is 12.9 Å². The summed E-state index contributed by atoms with van der Waals surface area (Å²) >= 11 is 0. The van der Waals surface area contributed by atoms with Crippen LogP contribution in [0.2, 0.25) is 0 Å². The molecule has 0 spiro atoms. The Labute approximate surface area is 138 Å². The Kier molecular flexibility index (Phi) is 8.44. The molecule has 1 saturated heterocycles. The number of piperazine rings is 1. The van der Waals surface area contributed by atoms with Gasteiger partial charge in [-0.3, -0.25) is 4.90 Å². The summed E-state index contributed by atoms with van der Waals surface area (Å²) in [6.45, 7) is 2.20. The Balaban J connectivity index is 0.00000225. The Hall–Kier alpha value is 1.41. The number of halogens is 3. The molecular weight excluding hydrogens is 243 g/mol. The summed E-state index contributed by atoms with van der Waals surface area (Å²) in [6.07, 6.45) is 0.359. The van der Waals surface area contributed by atoms with Crippen LogP contribution in [0.4, 0.5) is 12.9 Å². The van der Waals surface area contributed by atoms with Crippen LogP contribution >= 0.6 is 0 Å². The van der Waals surface area contributed by atoms with Crippen molar-refractivity contribution in [3.63, 3.8) is 0 Å². The molecule has 0 aromatic heterocycles. The second-order valence-electron chi connectivity index (χ2n) is 4.30. The van der Waals surface area contributed by atoms with E-state index in [-0.39, 0.29) is 51.4 Å². The van der Waals surface area contributed by atoms with E-state index < -0.39 is 13.4 Å². The minimum atomic E-state index is -4.66. The molecule has 0 aromatic rings. The van der Waals surface area contributed by atoms with Gasteiger partial charge in [-0.1, -0.05) is 6.92 Å². The molecule has 1 rings (SSSR count). The zero-order valence-electron chi connectivity index (χ0n) is 10.4. The van der Waals surface area contributed by atoms with Gasteiger partial charge in [0.1, 0.15) is 0 Å². The zero-order valence-corrected chi connectivity index (χ0v) is 13.5. The van der Waals surface area contributed by atoms with Crippen LogP contribution in [-0.2, 0) is 0 Å². The average molecular weight is 262 g/mol. The molecule has 1 aliphatic heterocycles. The number of nitrogens with zero attached hydrogens (tertiary/aromatic N) is 2. The van der Waals surface area contributed by atoms with Crippen molar-refractivity contribution in [2.45, 2.75) is 26.3 Å². The van der Waals surface area contributed by atoms with Gasteiger partial charge in [-0.2, -0.15) is 0 Å². The fraction of sp³-hybridized carbons (Fsp3) is 1.00. The molecule has 90 valence electrons. The van der Waals surface area contributed by atoms with E-state index in [1.165, 1.54) is 4.90 Å². The first kappa shape index (κ1) is 17.4. The molecule has 7 heteroatoms. The third kappa shape index (κ3) is 6.37. The molecule has 2 nitrogen and oxygen atoms in total. The van der Waals surface area contributed by atoms with Crippen molar-refractivity contribution in [1.29, 1.82) is 0 Å². The van der Waals surface area contributed by atoms with Gasteiger partial charge < -0.3 is 17.8 Å². The molecule has 1 atom stereocenters. The standard InChI is InChI=1S/C9H19BF3N2.K/c1-3-9(2)15-6-4-14(5-7-15)8-10(11,12)13;/h9H,3-8H2,1-2H3;/q-1;+1. The van der Waals surface area contributed by atoms with Gasteiger partial charge in [-0.25, -0.2) is 0 Å². The summed E-state index contributed by atoms with van der Waals surface area (Å²) in [4.78, 5) is 3.78. The number of rotatable bonds is 4. The van der Waals surface area contributed by atoms with Gasteiger partial charge in [0.2, 0.25) is 0 Å². The van der Waals surface area contributed by atoms with Crippen molar-refractivity contribution in [2.75, 3.05) is 32.6 Å². The van der Waals surface area contributed by atoms with Crippen LogP contribution in [0.1, 0.15) is 20.3 Å². The second-order valence-corrected chi connectivity index (χ2v) is 4.30. The third-order valence-corrected chi connectivity index (χ3v) is 3.09. The van der Waals surface area contributed by atoms with Gasteiger partial charge in [-0.15, -0.1) is 0 Å². The van der Waals surface area contributed by atoms with Crippen molar-refractivity contribution in [3.8, 4) is 0 Å². The van der Waals surface area contributed by atoms with Crippen molar-refractivity contribution in [3.05, 3.63) is 0 Å².